The zero-order valence-electron chi connectivity index (χ0n) is 7.89. The molecule has 1 N–H and O–H groups in total. The minimum atomic E-state index is -0.183. The van der Waals surface area contributed by atoms with Gasteiger partial charge < -0.3 is 5.32 Å². The molecule has 1 aromatic carbocycles. The molecule has 3 heteroatoms. The van der Waals surface area contributed by atoms with E-state index in [9.17, 15) is 4.39 Å². The maximum atomic E-state index is 13.0. The Balaban J connectivity index is 2.18. The van der Waals surface area contributed by atoms with Crippen LogP contribution in [0.1, 0.15) is 24.3 Å². The minimum absolute atomic E-state index is 0.183. The predicted octanol–water partition coefficient (Wildman–Crippen LogP) is 3.06. The molecular weight excluding hydrogens is 245 g/mol. The number of piperidine rings is 1. The van der Waals surface area contributed by atoms with Gasteiger partial charge in [-0.2, -0.15) is 0 Å². The van der Waals surface area contributed by atoms with Crippen molar-refractivity contribution in [1.82, 2.24) is 5.32 Å². The molecule has 76 valence electrons. The average Bonchev–Trinajstić information content (AvgIpc) is 2.23. The van der Waals surface area contributed by atoms with Crippen molar-refractivity contribution in [2.24, 2.45) is 0 Å². The summed E-state index contributed by atoms with van der Waals surface area (Å²) in [6.45, 7) is 2.12. The van der Waals surface area contributed by atoms with Crippen LogP contribution < -0.4 is 5.32 Å². The third kappa shape index (κ3) is 2.15. The van der Waals surface area contributed by atoms with Crippen LogP contribution in [0.15, 0.2) is 22.7 Å². The molecule has 0 aromatic heterocycles. The van der Waals surface area contributed by atoms with Crippen molar-refractivity contribution in [3.05, 3.63) is 34.1 Å². The van der Waals surface area contributed by atoms with Crippen LogP contribution in [0.5, 0.6) is 0 Å². The molecule has 1 fully saturated rings. The lowest BCUT2D eigenvalue weighted by Gasteiger charge is -2.23. The summed E-state index contributed by atoms with van der Waals surface area (Å²) in [6.07, 6.45) is 2.41. The molecule has 1 aromatic rings. The first-order valence-corrected chi connectivity index (χ1v) is 5.72. The van der Waals surface area contributed by atoms with E-state index in [0.29, 0.717) is 10.4 Å². The lowest BCUT2D eigenvalue weighted by Crippen LogP contribution is -2.28. The van der Waals surface area contributed by atoms with Crippen molar-refractivity contribution in [1.29, 1.82) is 0 Å². The molecule has 0 amide bonds. The van der Waals surface area contributed by atoms with E-state index in [0.717, 1.165) is 13.1 Å². The molecule has 2 rings (SSSR count). The van der Waals surface area contributed by atoms with E-state index in [1.807, 2.05) is 12.1 Å². The molecule has 0 spiro atoms. The van der Waals surface area contributed by atoms with Crippen molar-refractivity contribution < 1.29 is 4.39 Å². The van der Waals surface area contributed by atoms with E-state index in [2.05, 4.69) is 21.2 Å². The Labute approximate surface area is 91.8 Å². The van der Waals surface area contributed by atoms with Gasteiger partial charge in [0.05, 0.1) is 4.47 Å². The molecule has 1 atom stereocenters. The second kappa shape index (κ2) is 4.41. The van der Waals surface area contributed by atoms with Gasteiger partial charge in [0.25, 0.3) is 0 Å². The normalized spacial score (nSPS) is 22.3. The molecule has 0 radical (unpaired) electrons. The van der Waals surface area contributed by atoms with Crippen molar-refractivity contribution in [3.63, 3.8) is 0 Å². The highest BCUT2D eigenvalue weighted by Crippen LogP contribution is 2.26. The summed E-state index contributed by atoms with van der Waals surface area (Å²) in [5, 5.41) is 3.36. The van der Waals surface area contributed by atoms with Crippen molar-refractivity contribution >= 4 is 15.9 Å². The minimum Gasteiger partial charge on any atom is -0.316 e. The first kappa shape index (κ1) is 10.1. The van der Waals surface area contributed by atoms with Gasteiger partial charge in [-0.05, 0) is 58.9 Å². The highest BCUT2D eigenvalue weighted by molar-refractivity contribution is 9.10. The van der Waals surface area contributed by atoms with Gasteiger partial charge in [-0.25, -0.2) is 4.39 Å². The molecule has 1 unspecified atom stereocenters. The molecule has 1 aliphatic rings. The quantitative estimate of drug-likeness (QED) is 0.816. The number of benzene rings is 1. The SMILES string of the molecule is Fc1ccc(C2CCCNC2)cc1Br. The van der Waals surface area contributed by atoms with Crippen molar-refractivity contribution in [2.75, 3.05) is 13.1 Å². The van der Waals surface area contributed by atoms with Crippen LogP contribution in [0.3, 0.4) is 0 Å². The van der Waals surface area contributed by atoms with Crippen molar-refractivity contribution in [3.8, 4) is 0 Å². The monoisotopic (exact) mass is 257 g/mol. The summed E-state index contributed by atoms with van der Waals surface area (Å²) in [7, 11) is 0. The van der Waals surface area contributed by atoms with E-state index >= 15 is 0 Å². The number of hydrogen-bond donors (Lipinski definition) is 1. The highest BCUT2D eigenvalue weighted by atomic mass is 79.9. The fraction of sp³-hybridized carbons (Fsp3) is 0.455. The third-order valence-corrected chi connectivity index (χ3v) is 3.32. The van der Waals surface area contributed by atoms with Crippen molar-refractivity contribution in [2.45, 2.75) is 18.8 Å². The molecular formula is C11H13BrFN. The van der Waals surface area contributed by atoms with Gasteiger partial charge >= 0.3 is 0 Å². The molecule has 1 heterocycles. The lowest BCUT2D eigenvalue weighted by atomic mass is 9.92. The van der Waals surface area contributed by atoms with Gasteiger partial charge in [0, 0.05) is 6.54 Å². The largest absolute Gasteiger partial charge is 0.316 e. The van der Waals surface area contributed by atoms with Crippen LogP contribution in [0.25, 0.3) is 0 Å². The lowest BCUT2D eigenvalue weighted by molar-refractivity contribution is 0.461. The standard InChI is InChI=1S/C11H13BrFN/c12-10-6-8(3-4-11(10)13)9-2-1-5-14-7-9/h3-4,6,9,14H,1-2,5,7H2. The topological polar surface area (TPSA) is 12.0 Å². The summed E-state index contributed by atoms with van der Waals surface area (Å²) >= 11 is 3.22. The molecule has 1 saturated heterocycles. The number of halogens is 2. The van der Waals surface area contributed by atoms with Gasteiger partial charge in [-0.15, -0.1) is 0 Å². The van der Waals surface area contributed by atoms with Crippen LogP contribution in [-0.2, 0) is 0 Å². The van der Waals surface area contributed by atoms with Crippen LogP contribution in [-0.4, -0.2) is 13.1 Å². The number of hydrogen-bond acceptors (Lipinski definition) is 1. The van der Waals surface area contributed by atoms with Gasteiger partial charge in [0.2, 0.25) is 0 Å². The Morgan fingerprint density at radius 1 is 1.43 bits per heavy atom. The Kier molecular flexibility index (Phi) is 3.19. The summed E-state index contributed by atoms with van der Waals surface area (Å²) in [5.74, 6) is 0.359. The zero-order chi connectivity index (χ0) is 9.97. The third-order valence-electron chi connectivity index (χ3n) is 2.71. The zero-order valence-corrected chi connectivity index (χ0v) is 9.48. The smallest absolute Gasteiger partial charge is 0.137 e. The van der Waals surface area contributed by atoms with Crippen LogP contribution in [0.2, 0.25) is 0 Å². The van der Waals surface area contributed by atoms with Gasteiger partial charge in [-0.3, -0.25) is 0 Å². The average molecular weight is 258 g/mol. The fourth-order valence-corrected chi connectivity index (χ4v) is 2.30. The van der Waals surface area contributed by atoms with E-state index in [1.165, 1.54) is 24.5 Å². The predicted molar refractivity (Wildman–Crippen MR) is 58.9 cm³/mol. The highest BCUT2D eigenvalue weighted by Gasteiger charge is 2.15. The number of nitrogens with one attached hydrogen (secondary N) is 1. The second-order valence-corrected chi connectivity index (χ2v) is 4.57. The van der Waals surface area contributed by atoms with Crippen LogP contribution in [0, 0.1) is 5.82 Å². The molecule has 1 nitrogen and oxygen atoms in total. The maximum absolute atomic E-state index is 13.0. The molecule has 0 aliphatic carbocycles. The molecule has 0 bridgehead atoms. The van der Waals surface area contributed by atoms with E-state index < -0.39 is 0 Å². The summed E-state index contributed by atoms with van der Waals surface area (Å²) in [4.78, 5) is 0. The maximum Gasteiger partial charge on any atom is 0.137 e. The van der Waals surface area contributed by atoms with E-state index in [4.69, 9.17) is 0 Å². The fourth-order valence-electron chi connectivity index (χ4n) is 1.90. The van der Waals surface area contributed by atoms with Crippen LogP contribution in [0.4, 0.5) is 4.39 Å². The molecule has 14 heavy (non-hydrogen) atoms. The van der Waals surface area contributed by atoms with Crippen LogP contribution >= 0.6 is 15.9 Å². The summed E-state index contributed by atoms with van der Waals surface area (Å²) in [5.41, 5.74) is 1.23. The first-order valence-electron chi connectivity index (χ1n) is 4.93. The summed E-state index contributed by atoms with van der Waals surface area (Å²) in [6, 6.07) is 5.32. The van der Waals surface area contributed by atoms with E-state index in [1.54, 1.807) is 0 Å². The second-order valence-electron chi connectivity index (χ2n) is 3.72. The Hall–Kier alpha value is -0.410. The Morgan fingerprint density at radius 3 is 2.93 bits per heavy atom. The molecule has 0 saturated carbocycles. The van der Waals surface area contributed by atoms with Gasteiger partial charge in [0.1, 0.15) is 5.82 Å². The number of rotatable bonds is 1. The first-order chi connectivity index (χ1) is 6.77. The van der Waals surface area contributed by atoms with Gasteiger partial charge in [0.15, 0.2) is 0 Å². The summed E-state index contributed by atoms with van der Waals surface area (Å²) < 4.78 is 13.6. The molecule has 1 aliphatic heterocycles. The van der Waals surface area contributed by atoms with E-state index in [-0.39, 0.29) is 5.82 Å². The Morgan fingerprint density at radius 2 is 2.29 bits per heavy atom. The van der Waals surface area contributed by atoms with Gasteiger partial charge in [-0.1, -0.05) is 6.07 Å². The Bertz CT molecular complexity index is 321.